The summed E-state index contributed by atoms with van der Waals surface area (Å²) in [6, 6.07) is 0.681. The lowest BCUT2D eigenvalue weighted by Crippen LogP contribution is -2.44. The van der Waals surface area contributed by atoms with Crippen molar-refractivity contribution in [2.45, 2.75) is 25.0 Å². The van der Waals surface area contributed by atoms with Gasteiger partial charge in [-0.15, -0.1) is 0 Å². The van der Waals surface area contributed by atoms with Crippen LogP contribution in [0.1, 0.15) is 12.8 Å². The fraction of sp³-hybridized carbons (Fsp3) is 1.00. The van der Waals surface area contributed by atoms with Gasteiger partial charge >= 0.3 is 0 Å². The second kappa shape index (κ2) is 6.12. The molecule has 0 bridgehead atoms. The van der Waals surface area contributed by atoms with E-state index in [1.165, 1.54) is 0 Å². The maximum absolute atomic E-state index is 5.54. The first-order chi connectivity index (χ1) is 5.86. The number of alkyl halides is 1. The van der Waals surface area contributed by atoms with Gasteiger partial charge in [0.25, 0.3) is 0 Å². The van der Waals surface area contributed by atoms with E-state index in [0.29, 0.717) is 12.1 Å². The number of rotatable bonds is 6. The Bertz CT molecular complexity index is 118. The Morgan fingerprint density at radius 2 is 2.17 bits per heavy atom. The van der Waals surface area contributed by atoms with E-state index in [-0.39, 0.29) is 0 Å². The highest BCUT2D eigenvalue weighted by Crippen LogP contribution is 2.22. The van der Waals surface area contributed by atoms with E-state index in [1.807, 2.05) is 7.05 Å². The van der Waals surface area contributed by atoms with Crippen molar-refractivity contribution in [1.29, 1.82) is 0 Å². The molecule has 0 saturated heterocycles. The highest BCUT2D eigenvalue weighted by Gasteiger charge is 2.27. The molecular weight excluding hydrogens is 269 g/mol. The first kappa shape index (κ1) is 10.7. The molecule has 3 nitrogen and oxygen atoms in total. The molecule has 4 heteroatoms. The molecule has 12 heavy (non-hydrogen) atoms. The molecule has 0 atom stereocenters. The van der Waals surface area contributed by atoms with E-state index < -0.39 is 0 Å². The summed E-state index contributed by atoms with van der Waals surface area (Å²) in [6.45, 7) is 1.47. The normalized spacial score (nSPS) is 28.5. The third-order valence-corrected chi connectivity index (χ3v) is 2.60. The van der Waals surface area contributed by atoms with Gasteiger partial charge in [-0.3, -0.25) is 0 Å². The lowest BCUT2D eigenvalue weighted by Gasteiger charge is -2.34. The molecule has 1 rings (SSSR count). The van der Waals surface area contributed by atoms with Gasteiger partial charge in [0, 0.05) is 6.04 Å². The maximum atomic E-state index is 5.54. The second-order valence-electron chi connectivity index (χ2n) is 2.97. The Morgan fingerprint density at radius 1 is 1.42 bits per heavy atom. The van der Waals surface area contributed by atoms with Crippen LogP contribution in [-0.4, -0.2) is 37.0 Å². The summed E-state index contributed by atoms with van der Waals surface area (Å²) in [5, 5.41) is 3.22. The molecule has 0 aromatic carbocycles. The zero-order valence-corrected chi connectivity index (χ0v) is 9.54. The van der Waals surface area contributed by atoms with Crippen LogP contribution in [0, 0.1) is 0 Å². The van der Waals surface area contributed by atoms with Crippen LogP contribution in [0.25, 0.3) is 0 Å². The van der Waals surface area contributed by atoms with Crippen LogP contribution in [0.4, 0.5) is 0 Å². The molecule has 0 aliphatic heterocycles. The number of ether oxygens (including phenoxy) is 2. The van der Waals surface area contributed by atoms with Crippen LogP contribution in [0.2, 0.25) is 0 Å². The Hall–Kier alpha value is 0.610. The fourth-order valence-electron chi connectivity index (χ4n) is 1.27. The van der Waals surface area contributed by atoms with Gasteiger partial charge in [-0.05, 0) is 19.9 Å². The van der Waals surface area contributed by atoms with E-state index in [1.54, 1.807) is 0 Å². The minimum Gasteiger partial charge on any atom is -0.376 e. The van der Waals surface area contributed by atoms with E-state index in [0.717, 1.165) is 30.7 Å². The largest absolute Gasteiger partial charge is 0.376 e. The highest BCUT2D eigenvalue weighted by molar-refractivity contribution is 14.1. The van der Waals surface area contributed by atoms with Gasteiger partial charge in [0.15, 0.2) is 0 Å². The Labute approximate surface area is 87.3 Å². The van der Waals surface area contributed by atoms with Gasteiger partial charge in [-0.1, -0.05) is 22.6 Å². The number of hydrogen-bond acceptors (Lipinski definition) is 3. The fourth-order valence-corrected chi connectivity index (χ4v) is 1.58. The van der Waals surface area contributed by atoms with E-state index in [4.69, 9.17) is 9.47 Å². The summed E-state index contributed by atoms with van der Waals surface area (Å²) < 4.78 is 11.5. The van der Waals surface area contributed by atoms with Gasteiger partial charge in [-0.25, -0.2) is 0 Å². The van der Waals surface area contributed by atoms with Crippen molar-refractivity contribution in [3.63, 3.8) is 0 Å². The highest BCUT2D eigenvalue weighted by atomic mass is 127. The molecule has 1 aliphatic rings. The van der Waals surface area contributed by atoms with Gasteiger partial charge in [-0.2, -0.15) is 0 Å². The first-order valence-corrected chi connectivity index (χ1v) is 5.82. The molecule has 0 aromatic heterocycles. The molecule has 0 heterocycles. The van der Waals surface area contributed by atoms with Crippen molar-refractivity contribution in [3.05, 3.63) is 0 Å². The minimum absolute atomic E-state index is 0.472. The van der Waals surface area contributed by atoms with Gasteiger partial charge in [0.2, 0.25) is 0 Å². The third-order valence-electron chi connectivity index (χ3n) is 2.16. The van der Waals surface area contributed by atoms with Gasteiger partial charge in [0.1, 0.15) is 0 Å². The molecule has 1 saturated carbocycles. The van der Waals surface area contributed by atoms with Crippen molar-refractivity contribution in [1.82, 2.24) is 5.32 Å². The topological polar surface area (TPSA) is 30.5 Å². The molecule has 0 amide bonds. The molecular formula is C8H16INO2. The first-order valence-electron chi connectivity index (χ1n) is 4.29. The van der Waals surface area contributed by atoms with Crippen LogP contribution in [0.15, 0.2) is 0 Å². The van der Waals surface area contributed by atoms with Crippen molar-refractivity contribution < 1.29 is 9.47 Å². The van der Waals surface area contributed by atoms with Gasteiger partial charge in [0.05, 0.1) is 23.9 Å². The predicted octanol–water partition coefficient (Wildman–Crippen LogP) is 1.16. The quantitative estimate of drug-likeness (QED) is 0.451. The maximum Gasteiger partial charge on any atom is 0.0980 e. The number of nitrogens with one attached hydrogen (secondary N) is 1. The zero-order chi connectivity index (χ0) is 8.81. The molecule has 1 N–H and O–H groups in total. The molecule has 0 aromatic rings. The standard InChI is InChI=1S/C8H16INO2/c1-10-7-4-8(5-7)12-3-2-11-6-9/h7-8,10H,2-6H2,1H3. The molecule has 0 unspecified atom stereocenters. The van der Waals surface area contributed by atoms with Crippen molar-refractivity contribution in [2.75, 3.05) is 24.9 Å². The smallest absolute Gasteiger partial charge is 0.0980 e. The van der Waals surface area contributed by atoms with Gasteiger partial charge < -0.3 is 14.8 Å². The lowest BCUT2D eigenvalue weighted by molar-refractivity contribution is -0.0350. The summed E-state index contributed by atoms with van der Waals surface area (Å²) >= 11 is 2.19. The SMILES string of the molecule is CNC1CC(OCCOCI)C1. The molecule has 1 fully saturated rings. The third kappa shape index (κ3) is 3.55. The number of halogens is 1. The predicted molar refractivity (Wildman–Crippen MR) is 56.7 cm³/mol. The monoisotopic (exact) mass is 285 g/mol. The summed E-state index contributed by atoms with van der Waals surface area (Å²) in [6.07, 6.45) is 2.78. The van der Waals surface area contributed by atoms with E-state index in [9.17, 15) is 0 Å². The average molecular weight is 285 g/mol. The van der Waals surface area contributed by atoms with Crippen molar-refractivity contribution in [2.24, 2.45) is 0 Å². The summed E-state index contributed by atoms with van der Waals surface area (Å²) in [5.41, 5.74) is 0. The molecule has 72 valence electrons. The van der Waals surface area contributed by atoms with Crippen LogP contribution in [0.5, 0.6) is 0 Å². The second-order valence-corrected chi connectivity index (χ2v) is 3.59. The summed E-state index contributed by atoms with van der Waals surface area (Å²) in [4.78, 5) is 0. The Kier molecular flexibility index (Phi) is 5.45. The Morgan fingerprint density at radius 3 is 2.75 bits per heavy atom. The Balaban J connectivity index is 1.83. The van der Waals surface area contributed by atoms with Crippen LogP contribution in [-0.2, 0) is 9.47 Å². The van der Waals surface area contributed by atoms with Crippen LogP contribution < -0.4 is 5.32 Å². The molecule has 0 radical (unpaired) electrons. The summed E-state index contributed by atoms with van der Waals surface area (Å²) in [5.74, 6) is 0. The number of hydrogen-bond donors (Lipinski definition) is 1. The van der Waals surface area contributed by atoms with E-state index in [2.05, 4.69) is 27.9 Å². The van der Waals surface area contributed by atoms with E-state index >= 15 is 0 Å². The average Bonchev–Trinajstić information content (AvgIpc) is 2.01. The lowest BCUT2D eigenvalue weighted by atomic mass is 9.89. The molecule has 1 aliphatic carbocycles. The van der Waals surface area contributed by atoms with Crippen molar-refractivity contribution in [3.8, 4) is 0 Å². The zero-order valence-electron chi connectivity index (χ0n) is 7.38. The summed E-state index contributed by atoms with van der Waals surface area (Å²) in [7, 11) is 2.00. The van der Waals surface area contributed by atoms with Crippen molar-refractivity contribution >= 4 is 22.6 Å². The minimum atomic E-state index is 0.472. The van der Waals surface area contributed by atoms with Crippen LogP contribution >= 0.6 is 22.6 Å². The van der Waals surface area contributed by atoms with Crippen LogP contribution in [0.3, 0.4) is 0 Å². The molecule has 0 spiro atoms.